The van der Waals surface area contributed by atoms with Crippen LogP contribution in [0.5, 0.6) is 0 Å². The second-order valence-electron chi connectivity index (χ2n) is 5.22. The maximum atomic E-state index is 2.58. The minimum atomic E-state index is 0.653. The van der Waals surface area contributed by atoms with E-state index in [1.807, 2.05) is 0 Å². The van der Waals surface area contributed by atoms with E-state index in [1.165, 1.54) is 49.7 Å². The van der Waals surface area contributed by atoms with Gasteiger partial charge in [0.1, 0.15) is 0 Å². The van der Waals surface area contributed by atoms with Crippen LogP contribution in [0.25, 0.3) is 0 Å². The van der Waals surface area contributed by atoms with Crippen LogP contribution in [0.2, 0.25) is 0 Å². The van der Waals surface area contributed by atoms with Gasteiger partial charge in [-0.15, -0.1) is 0 Å². The van der Waals surface area contributed by atoms with Gasteiger partial charge in [0.25, 0.3) is 0 Å². The van der Waals surface area contributed by atoms with Gasteiger partial charge >= 0.3 is 110 Å². The zero-order valence-electron chi connectivity index (χ0n) is 10.3. The molecule has 0 unspecified atom stereocenters. The van der Waals surface area contributed by atoms with E-state index in [9.17, 15) is 0 Å². The van der Waals surface area contributed by atoms with Gasteiger partial charge in [0.05, 0.1) is 0 Å². The normalized spacial score (nSPS) is 20.8. The van der Waals surface area contributed by atoms with E-state index < -0.39 is 0 Å². The fourth-order valence-electron chi connectivity index (χ4n) is 2.91. The quantitative estimate of drug-likeness (QED) is 0.579. The molecule has 1 aliphatic carbocycles. The molecule has 3 rings (SSSR count). The van der Waals surface area contributed by atoms with Crippen LogP contribution in [0.4, 0.5) is 0 Å². The molecule has 17 heavy (non-hydrogen) atoms. The fourth-order valence-corrected chi connectivity index (χ4v) is 4.90. The van der Waals surface area contributed by atoms with E-state index in [-0.39, 0.29) is 0 Å². The van der Waals surface area contributed by atoms with Crippen LogP contribution in [-0.2, 0) is 0 Å². The molecule has 90 valence electrons. The summed E-state index contributed by atoms with van der Waals surface area (Å²) in [4.78, 5) is 0. The van der Waals surface area contributed by atoms with Gasteiger partial charge in [0, 0.05) is 0 Å². The van der Waals surface area contributed by atoms with Crippen molar-refractivity contribution in [3.05, 3.63) is 29.8 Å². The summed E-state index contributed by atoms with van der Waals surface area (Å²) in [6.07, 6.45) is 9.70. The Morgan fingerprint density at radius 2 is 1.94 bits per heavy atom. The van der Waals surface area contributed by atoms with E-state index in [0.29, 0.717) is 15.0 Å². The molecule has 1 aliphatic heterocycles. The Morgan fingerprint density at radius 1 is 1.12 bits per heavy atom. The Labute approximate surface area is 110 Å². The molecule has 0 spiro atoms. The van der Waals surface area contributed by atoms with Crippen molar-refractivity contribution in [2.45, 2.75) is 32.1 Å². The van der Waals surface area contributed by atoms with Gasteiger partial charge in [-0.3, -0.25) is 0 Å². The van der Waals surface area contributed by atoms with Crippen molar-refractivity contribution in [1.82, 2.24) is 0 Å². The Balaban J connectivity index is 1.70. The van der Waals surface area contributed by atoms with Crippen molar-refractivity contribution in [2.24, 2.45) is 5.92 Å². The van der Waals surface area contributed by atoms with Gasteiger partial charge < -0.3 is 0 Å². The Kier molecular flexibility index (Phi) is 3.63. The predicted octanol–water partition coefficient (Wildman–Crippen LogP) is 2.00. The first-order valence-electron chi connectivity index (χ1n) is 6.72. The van der Waals surface area contributed by atoms with E-state index in [0.717, 1.165) is 5.92 Å². The molecule has 1 heterocycles. The van der Waals surface area contributed by atoms with Gasteiger partial charge in [-0.2, -0.15) is 0 Å². The third kappa shape index (κ3) is 2.81. The van der Waals surface area contributed by atoms with Crippen molar-refractivity contribution in [1.29, 1.82) is 0 Å². The van der Waals surface area contributed by atoms with Crippen molar-refractivity contribution >= 4 is 25.6 Å². The van der Waals surface area contributed by atoms with Crippen LogP contribution in [0.3, 0.4) is 0 Å². The molecule has 2 aliphatic rings. The molecule has 0 saturated heterocycles. The summed E-state index contributed by atoms with van der Waals surface area (Å²) >= 11 is 0.653. The van der Waals surface area contributed by atoms with Crippen molar-refractivity contribution in [3.8, 4) is 0 Å². The first-order chi connectivity index (χ1) is 8.42. The summed E-state index contributed by atoms with van der Waals surface area (Å²) in [6, 6.07) is 8.90. The molecule has 0 bridgehead atoms. The fraction of sp³-hybridized carbons (Fsp3) is 0.533. The van der Waals surface area contributed by atoms with Crippen LogP contribution in [0.15, 0.2) is 24.3 Å². The standard InChI is InChI=1S/C15H20NSe/c1-2-6-13(7-3-1)10-16-11-14-8-4-5-9-15(14)17-12-16/h4-5,8-9,11,13H,1-3,6-7,10,12H2/q+1. The van der Waals surface area contributed by atoms with E-state index >= 15 is 0 Å². The van der Waals surface area contributed by atoms with Gasteiger partial charge in [0.2, 0.25) is 0 Å². The molecule has 1 aromatic carbocycles. The van der Waals surface area contributed by atoms with E-state index in [1.54, 1.807) is 4.46 Å². The summed E-state index contributed by atoms with van der Waals surface area (Å²) < 4.78 is 4.16. The molecular weight excluding hydrogens is 273 g/mol. The molecule has 0 N–H and O–H groups in total. The molecule has 0 aromatic heterocycles. The number of hydrogen-bond donors (Lipinski definition) is 0. The number of rotatable bonds is 2. The topological polar surface area (TPSA) is 3.01 Å². The molecular formula is C15H20NSe+. The molecule has 0 radical (unpaired) electrons. The second kappa shape index (κ2) is 5.37. The van der Waals surface area contributed by atoms with Gasteiger partial charge in [-0.25, -0.2) is 0 Å². The maximum absolute atomic E-state index is 2.58. The molecule has 0 amide bonds. The zero-order valence-corrected chi connectivity index (χ0v) is 12.0. The number of fused-ring (bicyclic) bond motifs is 1. The summed E-state index contributed by atoms with van der Waals surface area (Å²) in [5.41, 5.74) is 2.75. The van der Waals surface area contributed by atoms with Crippen LogP contribution in [0.1, 0.15) is 37.7 Å². The SMILES string of the molecule is C1=[N+](CC2CCCCC2)C[Se]c2ccccc21. The number of hydrogen-bond acceptors (Lipinski definition) is 0. The van der Waals surface area contributed by atoms with Crippen LogP contribution >= 0.6 is 0 Å². The third-order valence-corrected chi connectivity index (χ3v) is 6.24. The van der Waals surface area contributed by atoms with Crippen LogP contribution < -0.4 is 4.46 Å². The van der Waals surface area contributed by atoms with E-state index in [2.05, 4.69) is 35.1 Å². The van der Waals surface area contributed by atoms with E-state index in [4.69, 9.17) is 0 Å². The predicted molar refractivity (Wildman–Crippen MR) is 73.6 cm³/mol. The molecule has 1 nitrogen and oxygen atoms in total. The second-order valence-corrected chi connectivity index (χ2v) is 7.29. The molecule has 0 atom stereocenters. The minimum absolute atomic E-state index is 0.653. The molecule has 2 heteroatoms. The first-order valence-corrected chi connectivity index (χ1v) is 8.79. The average molecular weight is 293 g/mol. The van der Waals surface area contributed by atoms with Gasteiger partial charge in [0.15, 0.2) is 0 Å². The first kappa shape index (κ1) is 11.5. The molecule has 1 aromatic rings. The number of benzene rings is 1. The van der Waals surface area contributed by atoms with Crippen LogP contribution in [-0.4, -0.2) is 37.7 Å². The number of nitrogens with zero attached hydrogens (tertiary/aromatic N) is 1. The summed E-state index contributed by atoms with van der Waals surface area (Å²) in [7, 11) is 0. The Morgan fingerprint density at radius 3 is 2.82 bits per heavy atom. The molecule has 1 saturated carbocycles. The Hall–Kier alpha value is -0.591. The van der Waals surface area contributed by atoms with Crippen LogP contribution in [0, 0.1) is 5.92 Å². The summed E-state index contributed by atoms with van der Waals surface area (Å²) in [5.74, 6) is 0.959. The van der Waals surface area contributed by atoms with Gasteiger partial charge in [-0.1, -0.05) is 0 Å². The Bertz CT molecular complexity index is 419. The monoisotopic (exact) mass is 294 g/mol. The van der Waals surface area contributed by atoms with Crippen molar-refractivity contribution in [2.75, 3.05) is 12.0 Å². The third-order valence-electron chi connectivity index (χ3n) is 3.84. The van der Waals surface area contributed by atoms with Crippen molar-refractivity contribution < 1.29 is 4.58 Å². The van der Waals surface area contributed by atoms with Crippen molar-refractivity contribution in [3.63, 3.8) is 0 Å². The van der Waals surface area contributed by atoms with Gasteiger partial charge in [-0.05, 0) is 0 Å². The summed E-state index contributed by atoms with van der Waals surface area (Å²) in [6.45, 7) is 1.30. The average Bonchev–Trinajstić information content (AvgIpc) is 2.40. The molecule has 1 fully saturated rings. The zero-order chi connectivity index (χ0) is 11.5. The summed E-state index contributed by atoms with van der Waals surface area (Å²) in [5, 5.41) is 0.